The predicted molar refractivity (Wildman–Crippen MR) is 122 cm³/mol. The van der Waals surface area contributed by atoms with Crippen LogP contribution in [0.25, 0.3) is 15.9 Å². The van der Waals surface area contributed by atoms with Crippen molar-refractivity contribution in [3.8, 4) is 11.4 Å². The summed E-state index contributed by atoms with van der Waals surface area (Å²) < 4.78 is 17.6. The van der Waals surface area contributed by atoms with Crippen LogP contribution in [0, 0.1) is 5.92 Å². The number of rotatable bonds is 6. The highest BCUT2D eigenvalue weighted by Crippen LogP contribution is 2.36. The molecule has 3 heterocycles. The number of nitrogens with zero attached hydrogens (tertiary/aromatic N) is 2. The quantitative estimate of drug-likeness (QED) is 0.314. The van der Waals surface area contributed by atoms with Crippen molar-refractivity contribution in [2.75, 3.05) is 20.0 Å². The van der Waals surface area contributed by atoms with Crippen molar-refractivity contribution < 1.29 is 19.0 Å². The molecular weight excluding hydrogens is 436 g/mol. The first-order chi connectivity index (χ1) is 14.9. The van der Waals surface area contributed by atoms with Gasteiger partial charge in [-0.05, 0) is 35.7 Å². The Morgan fingerprint density at radius 2 is 2.06 bits per heavy atom. The highest BCUT2D eigenvalue weighted by atomic mass is 32.2. The lowest BCUT2D eigenvalue weighted by molar-refractivity contribution is -0.137. The number of carbonyl (C=O) groups excluding carboxylic acids is 1. The van der Waals surface area contributed by atoms with Crippen LogP contribution in [0.15, 0.2) is 34.2 Å². The molecule has 1 aliphatic heterocycles. The van der Waals surface area contributed by atoms with Gasteiger partial charge in [-0.15, -0.1) is 11.3 Å². The molecule has 0 N–H and O–H groups in total. The van der Waals surface area contributed by atoms with E-state index in [1.54, 1.807) is 23.8 Å². The van der Waals surface area contributed by atoms with Crippen LogP contribution < -0.4 is 10.3 Å². The van der Waals surface area contributed by atoms with Crippen molar-refractivity contribution in [1.82, 2.24) is 9.55 Å². The van der Waals surface area contributed by atoms with Gasteiger partial charge >= 0.3 is 5.97 Å². The highest BCUT2D eigenvalue weighted by molar-refractivity contribution is 7.99. The van der Waals surface area contributed by atoms with E-state index in [9.17, 15) is 9.59 Å². The third-order valence-corrected chi connectivity index (χ3v) is 7.34. The Morgan fingerprint density at radius 1 is 1.32 bits per heavy atom. The van der Waals surface area contributed by atoms with Gasteiger partial charge in [0.05, 0.1) is 43.8 Å². The number of hydrogen-bond donors (Lipinski definition) is 0. The number of aromatic nitrogens is 2. The summed E-state index contributed by atoms with van der Waals surface area (Å²) in [6.45, 7) is 4.74. The topological polar surface area (TPSA) is 79.7 Å². The van der Waals surface area contributed by atoms with Gasteiger partial charge in [-0.1, -0.05) is 25.6 Å². The largest absolute Gasteiger partial charge is 0.497 e. The fourth-order valence-corrected chi connectivity index (χ4v) is 5.58. The summed E-state index contributed by atoms with van der Waals surface area (Å²) in [6.07, 6.45) is 0.772. The van der Waals surface area contributed by atoms with Crippen LogP contribution in [-0.2, 0) is 27.3 Å². The molecule has 0 saturated carbocycles. The van der Waals surface area contributed by atoms with E-state index in [1.165, 1.54) is 30.2 Å². The van der Waals surface area contributed by atoms with Crippen molar-refractivity contribution in [1.29, 1.82) is 0 Å². The highest BCUT2D eigenvalue weighted by Gasteiger charge is 2.29. The molecule has 0 saturated heterocycles. The third kappa shape index (κ3) is 4.22. The summed E-state index contributed by atoms with van der Waals surface area (Å²) in [5, 5.41) is 1.10. The fraction of sp³-hybridized carbons (Fsp3) is 0.409. The minimum atomic E-state index is -0.376. The average molecular weight is 461 g/mol. The summed E-state index contributed by atoms with van der Waals surface area (Å²) in [5.41, 5.74) is 1.57. The van der Waals surface area contributed by atoms with Gasteiger partial charge in [0.25, 0.3) is 5.56 Å². The summed E-state index contributed by atoms with van der Waals surface area (Å²) in [5.74, 6) is 0.738. The van der Waals surface area contributed by atoms with E-state index in [4.69, 9.17) is 19.2 Å². The van der Waals surface area contributed by atoms with Gasteiger partial charge in [-0.2, -0.15) is 0 Å². The molecule has 0 spiro atoms. The molecule has 31 heavy (non-hydrogen) atoms. The second kappa shape index (κ2) is 9.02. The molecule has 0 radical (unpaired) electrons. The standard InChI is InChI=1S/C22H24N2O5S2/c1-12(2)16-9-15-17(10-29-16)31-20-19(15)21(26)24(13-5-7-14(27-3)8-6-13)22(23-20)30-11-18(25)28-4/h5-8,12,16H,9-11H2,1-4H3. The number of carbonyl (C=O) groups is 1. The number of hydrogen-bond acceptors (Lipinski definition) is 8. The summed E-state index contributed by atoms with van der Waals surface area (Å²) in [4.78, 5) is 32.0. The summed E-state index contributed by atoms with van der Waals surface area (Å²) in [6, 6.07) is 7.22. The maximum absolute atomic E-state index is 13.8. The predicted octanol–water partition coefficient (Wildman–Crippen LogP) is 3.82. The van der Waals surface area contributed by atoms with E-state index in [0.717, 1.165) is 10.4 Å². The number of fused-ring (bicyclic) bond motifs is 3. The van der Waals surface area contributed by atoms with E-state index in [1.807, 2.05) is 12.1 Å². The zero-order chi connectivity index (χ0) is 22.1. The lowest BCUT2D eigenvalue weighted by atomic mass is 9.96. The van der Waals surface area contributed by atoms with Crippen LogP contribution in [0.1, 0.15) is 24.3 Å². The number of thioether (sulfide) groups is 1. The van der Waals surface area contributed by atoms with E-state index in [0.29, 0.717) is 45.8 Å². The van der Waals surface area contributed by atoms with Crippen LogP contribution in [0.4, 0.5) is 0 Å². The monoisotopic (exact) mass is 460 g/mol. The maximum atomic E-state index is 13.8. The Kier molecular flexibility index (Phi) is 6.36. The number of thiophene rings is 1. The molecule has 4 rings (SSSR count). The molecule has 1 aromatic carbocycles. The molecule has 0 fully saturated rings. The van der Waals surface area contributed by atoms with Crippen molar-refractivity contribution in [2.45, 2.75) is 38.1 Å². The van der Waals surface area contributed by atoms with Crippen LogP contribution in [-0.4, -0.2) is 41.6 Å². The Morgan fingerprint density at radius 3 is 2.71 bits per heavy atom. The van der Waals surface area contributed by atoms with Gasteiger partial charge in [0.1, 0.15) is 10.6 Å². The van der Waals surface area contributed by atoms with Crippen molar-refractivity contribution in [3.05, 3.63) is 45.1 Å². The minimum Gasteiger partial charge on any atom is -0.497 e. The molecule has 0 bridgehead atoms. The van der Waals surface area contributed by atoms with Crippen molar-refractivity contribution in [3.63, 3.8) is 0 Å². The van der Waals surface area contributed by atoms with Crippen LogP contribution in [0.5, 0.6) is 5.75 Å². The number of methoxy groups -OCH3 is 2. The summed E-state index contributed by atoms with van der Waals surface area (Å²) >= 11 is 2.68. The molecular formula is C22H24N2O5S2. The van der Waals surface area contributed by atoms with Gasteiger partial charge in [0.2, 0.25) is 0 Å². The van der Waals surface area contributed by atoms with Crippen molar-refractivity contribution in [2.24, 2.45) is 5.92 Å². The van der Waals surface area contributed by atoms with Gasteiger partial charge in [0.15, 0.2) is 5.16 Å². The number of ether oxygens (including phenoxy) is 3. The lowest BCUT2D eigenvalue weighted by Crippen LogP contribution is -2.28. The van der Waals surface area contributed by atoms with E-state index in [2.05, 4.69) is 13.8 Å². The number of esters is 1. The number of benzene rings is 1. The molecule has 1 aliphatic rings. The van der Waals surface area contributed by atoms with Gasteiger partial charge < -0.3 is 14.2 Å². The van der Waals surface area contributed by atoms with Gasteiger partial charge in [-0.3, -0.25) is 14.2 Å². The van der Waals surface area contributed by atoms with Gasteiger partial charge in [0, 0.05) is 11.3 Å². The Bertz CT molecular complexity index is 1170. The molecule has 0 amide bonds. The molecule has 0 aliphatic carbocycles. The van der Waals surface area contributed by atoms with Gasteiger partial charge in [-0.25, -0.2) is 4.98 Å². The van der Waals surface area contributed by atoms with Crippen LogP contribution >= 0.6 is 23.1 Å². The molecule has 1 unspecified atom stereocenters. The first kappa shape index (κ1) is 21.9. The van der Waals surface area contributed by atoms with E-state index < -0.39 is 0 Å². The molecule has 9 heteroatoms. The van der Waals surface area contributed by atoms with Crippen molar-refractivity contribution >= 4 is 39.3 Å². The molecule has 3 aromatic rings. The van der Waals surface area contributed by atoms with Crippen LogP contribution in [0.2, 0.25) is 0 Å². The molecule has 7 nitrogen and oxygen atoms in total. The van der Waals surface area contributed by atoms with E-state index >= 15 is 0 Å². The first-order valence-electron chi connectivity index (χ1n) is 9.95. The Labute approximate surface area is 188 Å². The third-order valence-electron chi connectivity index (χ3n) is 5.33. The Hall–Kier alpha value is -2.36. The zero-order valence-corrected chi connectivity index (χ0v) is 19.5. The Balaban J connectivity index is 1.89. The first-order valence-corrected chi connectivity index (χ1v) is 11.8. The normalized spacial score (nSPS) is 15.8. The SMILES string of the molecule is COC(=O)CSc1nc2sc3c(c2c(=O)n1-c1ccc(OC)cc1)CC(C(C)C)OC3. The summed E-state index contributed by atoms with van der Waals surface area (Å²) in [7, 11) is 2.94. The lowest BCUT2D eigenvalue weighted by Gasteiger charge is -2.26. The minimum absolute atomic E-state index is 0.0637. The molecule has 1 atom stereocenters. The average Bonchev–Trinajstić information content (AvgIpc) is 3.15. The smallest absolute Gasteiger partial charge is 0.316 e. The fourth-order valence-electron chi connectivity index (χ4n) is 3.57. The molecule has 2 aromatic heterocycles. The van der Waals surface area contributed by atoms with E-state index in [-0.39, 0.29) is 23.4 Å². The maximum Gasteiger partial charge on any atom is 0.316 e. The molecule has 164 valence electrons. The van der Waals surface area contributed by atoms with Crippen LogP contribution in [0.3, 0.4) is 0 Å². The zero-order valence-electron chi connectivity index (χ0n) is 17.8. The second-order valence-corrected chi connectivity index (χ2v) is 9.61. The second-order valence-electron chi connectivity index (χ2n) is 7.58.